The molecule has 0 radical (unpaired) electrons. The Morgan fingerprint density at radius 2 is 1.80 bits per heavy atom. The van der Waals surface area contributed by atoms with Crippen molar-refractivity contribution in [2.75, 3.05) is 6.54 Å². The number of carbonyl (C=O) groups is 1. The topological polar surface area (TPSA) is 29.1 Å². The number of ketones is 1. The van der Waals surface area contributed by atoms with Crippen molar-refractivity contribution in [1.82, 2.24) is 5.32 Å². The first-order chi connectivity index (χ1) is 9.84. The molecule has 0 aromatic heterocycles. The Balaban J connectivity index is 1.85. The number of benzene rings is 2. The minimum absolute atomic E-state index is 0.0545. The molecule has 0 bridgehead atoms. The van der Waals surface area contributed by atoms with Gasteiger partial charge in [0.1, 0.15) is 0 Å². The van der Waals surface area contributed by atoms with E-state index in [2.05, 4.69) is 29.6 Å². The molecule has 1 fully saturated rings. The lowest BCUT2D eigenvalue weighted by molar-refractivity contribution is -0.120. The van der Waals surface area contributed by atoms with E-state index in [-0.39, 0.29) is 6.04 Å². The van der Waals surface area contributed by atoms with Gasteiger partial charge in [0.2, 0.25) is 0 Å². The Kier molecular flexibility index (Phi) is 3.93. The quantitative estimate of drug-likeness (QED) is 0.919. The number of Topliss-reactive ketones (excluding diaryl/α,β-unsaturated/α-hetero) is 1. The van der Waals surface area contributed by atoms with Gasteiger partial charge in [-0.3, -0.25) is 4.79 Å². The number of hydrogen-bond acceptors (Lipinski definition) is 2. The molecule has 20 heavy (non-hydrogen) atoms. The molecule has 2 aromatic rings. The summed E-state index contributed by atoms with van der Waals surface area (Å²) in [5, 5.41) is 3.29. The normalized spacial score (nSPS) is 18.1. The van der Waals surface area contributed by atoms with Gasteiger partial charge < -0.3 is 5.32 Å². The summed E-state index contributed by atoms with van der Waals surface area (Å²) in [5.41, 5.74) is 3.46. The molecular formula is C18H19NO. The summed E-state index contributed by atoms with van der Waals surface area (Å²) >= 11 is 0. The average Bonchev–Trinajstić information content (AvgIpc) is 3.03. The minimum atomic E-state index is 0.0545. The third-order valence-corrected chi connectivity index (χ3v) is 3.92. The number of carbonyl (C=O) groups excluding carboxylic acids is 1. The maximum atomic E-state index is 12.3. The van der Waals surface area contributed by atoms with Crippen molar-refractivity contribution < 1.29 is 4.79 Å². The van der Waals surface area contributed by atoms with Crippen molar-refractivity contribution in [2.24, 2.45) is 0 Å². The van der Waals surface area contributed by atoms with E-state index in [9.17, 15) is 4.79 Å². The number of rotatable bonds is 4. The van der Waals surface area contributed by atoms with Crippen molar-refractivity contribution in [2.45, 2.75) is 25.3 Å². The van der Waals surface area contributed by atoms with Crippen LogP contribution in [0.15, 0.2) is 54.6 Å². The SMILES string of the molecule is O=C(Cc1ccccc1-c1ccccc1)[C@H]1CCCN1. The third-order valence-electron chi connectivity index (χ3n) is 3.92. The lowest BCUT2D eigenvalue weighted by Gasteiger charge is -2.12. The summed E-state index contributed by atoms with van der Waals surface area (Å²) in [4.78, 5) is 12.3. The molecule has 1 N–H and O–H groups in total. The summed E-state index contributed by atoms with van der Waals surface area (Å²) in [6.45, 7) is 0.969. The predicted octanol–water partition coefficient (Wildman–Crippen LogP) is 3.22. The van der Waals surface area contributed by atoms with Crippen LogP contribution in [0.1, 0.15) is 18.4 Å². The van der Waals surface area contributed by atoms with Crippen molar-refractivity contribution in [3.63, 3.8) is 0 Å². The van der Waals surface area contributed by atoms with Crippen LogP contribution in [0.25, 0.3) is 11.1 Å². The van der Waals surface area contributed by atoms with Gasteiger partial charge in [-0.1, -0.05) is 54.6 Å². The molecule has 102 valence electrons. The van der Waals surface area contributed by atoms with Gasteiger partial charge in [0, 0.05) is 6.42 Å². The monoisotopic (exact) mass is 265 g/mol. The van der Waals surface area contributed by atoms with Gasteiger partial charge in [-0.15, -0.1) is 0 Å². The van der Waals surface area contributed by atoms with Gasteiger partial charge >= 0.3 is 0 Å². The van der Waals surface area contributed by atoms with Gasteiger partial charge in [0.05, 0.1) is 6.04 Å². The van der Waals surface area contributed by atoms with Crippen LogP contribution in [0.5, 0.6) is 0 Å². The van der Waals surface area contributed by atoms with E-state index in [1.54, 1.807) is 0 Å². The third kappa shape index (κ3) is 2.81. The summed E-state index contributed by atoms with van der Waals surface area (Å²) in [5.74, 6) is 0.311. The first-order valence-corrected chi connectivity index (χ1v) is 7.24. The molecule has 1 saturated heterocycles. The predicted molar refractivity (Wildman–Crippen MR) is 81.6 cm³/mol. The van der Waals surface area contributed by atoms with Crippen molar-refractivity contribution >= 4 is 5.78 Å². The molecule has 0 saturated carbocycles. The van der Waals surface area contributed by atoms with Gasteiger partial charge in [0.15, 0.2) is 5.78 Å². The molecule has 1 heterocycles. The van der Waals surface area contributed by atoms with Crippen LogP contribution in [0.2, 0.25) is 0 Å². The van der Waals surface area contributed by atoms with E-state index in [1.807, 2.05) is 30.3 Å². The van der Waals surface area contributed by atoms with E-state index in [1.165, 1.54) is 11.1 Å². The first kappa shape index (κ1) is 13.1. The largest absolute Gasteiger partial charge is 0.307 e. The smallest absolute Gasteiger partial charge is 0.154 e. The van der Waals surface area contributed by atoms with Crippen LogP contribution < -0.4 is 5.32 Å². The molecule has 1 aliphatic heterocycles. The fraction of sp³-hybridized carbons (Fsp3) is 0.278. The fourth-order valence-corrected chi connectivity index (χ4v) is 2.84. The number of hydrogen-bond donors (Lipinski definition) is 1. The van der Waals surface area contributed by atoms with E-state index >= 15 is 0 Å². The van der Waals surface area contributed by atoms with E-state index in [0.717, 1.165) is 24.9 Å². The molecule has 1 atom stereocenters. The van der Waals surface area contributed by atoms with Crippen molar-refractivity contribution in [3.8, 4) is 11.1 Å². The summed E-state index contributed by atoms with van der Waals surface area (Å²) in [7, 11) is 0. The lowest BCUT2D eigenvalue weighted by atomic mass is 9.94. The molecule has 0 aliphatic carbocycles. The van der Waals surface area contributed by atoms with E-state index < -0.39 is 0 Å². The molecule has 0 amide bonds. The number of nitrogens with one attached hydrogen (secondary N) is 1. The van der Waals surface area contributed by atoms with Crippen LogP contribution in [-0.2, 0) is 11.2 Å². The highest BCUT2D eigenvalue weighted by molar-refractivity contribution is 5.88. The van der Waals surface area contributed by atoms with Crippen LogP contribution in [0.4, 0.5) is 0 Å². The van der Waals surface area contributed by atoms with Gasteiger partial charge in [0.25, 0.3) is 0 Å². The van der Waals surface area contributed by atoms with Gasteiger partial charge in [-0.2, -0.15) is 0 Å². The second kappa shape index (κ2) is 6.02. The highest BCUT2D eigenvalue weighted by atomic mass is 16.1. The van der Waals surface area contributed by atoms with Crippen molar-refractivity contribution in [3.05, 3.63) is 60.2 Å². The maximum absolute atomic E-state index is 12.3. The highest BCUT2D eigenvalue weighted by Gasteiger charge is 2.22. The Labute approximate surface area is 119 Å². The zero-order valence-electron chi connectivity index (χ0n) is 11.5. The fourth-order valence-electron chi connectivity index (χ4n) is 2.84. The Bertz CT molecular complexity index is 585. The van der Waals surface area contributed by atoms with Gasteiger partial charge in [-0.25, -0.2) is 0 Å². The molecule has 2 aromatic carbocycles. The molecule has 2 nitrogen and oxygen atoms in total. The minimum Gasteiger partial charge on any atom is -0.307 e. The molecule has 3 rings (SSSR count). The van der Waals surface area contributed by atoms with Crippen LogP contribution in [-0.4, -0.2) is 18.4 Å². The highest BCUT2D eigenvalue weighted by Crippen LogP contribution is 2.24. The Morgan fingerprint density at radius 3 is 2.55 bits per heavy atom. The van der Waals surface area contributed by atoms with Crippen LogP contribution in [0, 0.1) is 0 Å². The summed E-state index contributed by atoms with van der Waals surface area (Å²) < 4.78 is 0. The summed E-state index contributed by atoms with van der Waals surface area (Å²) in [6.07, 6.45) is 2.60. The second-order valence-corrected chi connectivity index (χ2v) is 5.32. The van der Waals surface area contributed by atoms with Crippen LogP contribution >= 0.6 is 0 Å². The molecular weight excluding hydrogens is 246 g/mol. The standard InChI is InChI=1S/C18H19NO/c20-18(17-11-6-12-19-17)13-15-9-4-5-10-16(15)14-7-2-1-3-8-14/h1-5,7-10,17,19H,6,11-13H2/t17-/m1/s1. The van der Waals surface area contributed by atoms with Crippen molar-refractivity contribution in [1.29, 1.82) is 0 Å². The van der Waals surface area contributed by atoms with E-state index in [4.69, 9.17) is 0 Å². The molecule has 0 unspecified atom stereocenters. The molecule has 0 spiro atoms. The zero-order valence-corrected chi connectivity index (χ0v) is 11.5. The summed E-state index contributed by atoms with van der Waals surface area (Å²) in [6, 6.07) is 18.5. The van der Waals surface area contributed by atoms with Gasteiger partial charge in [-0.05, 0) is 36.1 Å². The second-order valence-electron chi connectivity index (χ2n) is 5.32. The molecule has 1 aliphatic rings. The molecule has 2 heteroatoms. The Hall–Kier alpha value is -1.93. The van der Waals surface area contributed by atoms with E-state index in [0.29, 0.717) is 12.2 Å². The lowest BCUT2D eigenvalue weighted by Crippen LogP contribution is -2.32. The van der Waals surface area contributed by atoms with Crippen LogP contribution in [0.3, 0.4) is 0 Å². The first-order valence-electron chi connectivity index (χ1n) is 7.24. The zero-order chi connectivity index (χ0) is 13.8. The maximum Gasteiger partial charge on any atom is 0.154 e. The average molecular weight is 265 g/mol. The Morgan fingerprint density at radius 1 is 1.05 bits per heavy atom.